The molecule has 0 spiro atoms. The zero-order valence-electron chi connectivity index (χ0n) is 19.8. The normalized spacial score (nSPS) is 17.9. The van der Waals surface area contributed by atoms with Gasteiger partial charge in [-0.3, -0.25) is 4.90 Å². The van der Waals surface area contributed by atoms with Crippen molar-refractivity contribution in [3.05, 3.63) is 53.7 Å². The van der Waals surface area contributed by atoms with Crippen LogP contribution in [-0.4, -0.2) is 73.9 Å². The number of ether oxygens (including phenoxy) is 2. The van der Waals surface area contributed by atoms with Crippen LogP contribution in [0.4, 0.5) is 23.8 Å². The van der Waals surface area contributed by atoms with Gasteiger partial charge in [0.1, 0.15) is 11.6 Å². The van der Waals surface area contributed by atoms with Crippen molar-refractivity contribution in [2.45, 2.75) is 25.6 Å². The molecule has 0 bridgehead atoms. The first-order valence-electron chi connectivity index (χ1n) is 11.9. The summed E-state index contributed by atoms with van der Waals surface area (Å²) in [7, 11) is 1.67. The molecule has 0 saturated carbocycles. The first-order valence-corrected chi connectivity index (χ1v) is 11.9. The monoisotopic (exact) mass is 492 g/mol. The van der Waals surface area contributed by atoms with E-state index in [0.717, 1.165) is 50.4 Å². The fourth-order valence-electron chi connectivity index (χ4n) is 4.51. The zero-order chi connectivity index (χ0) is 24.8. The van der Waals surface area contributed by atoms with Crippen molar-refractivity contribution in [1.29, 1.82) is 0 Å². The van der Waals surface area contributed by atoms with Gasteiger partial charge in [-0.1, -0.05) is 12.1 Å². The Balaban J connectivity index is 1.17. The lowest BCUT2D eigenvalue weighted by Crippen LogP contribution is -2.49. The summed E-state index contributed by atoms with van der Waals surface area (Å²) in [5.41, 5.74) is 0.493. The van der Waals surface area contributed by atoms with Crippen LogP contribution in [0.1, 0.15) is 24.0 Å². The molecular weight excluding hydrogens is 461 g/mol. The molecule has 2 saturated heterocycles. The molecule has 2 aromatic rings. The van der Waals surface area contributed by atoms with Crippen molar-refractivity contribution < 1.29 is 27.4 Å². The third-order valence-corrected chi connectivity index (χ3v) is 6.62. The lowest BCUT2D eigenvalue weighted by atomic mass is 9.97. The number of halogens is 3. The summed E-state index contributed by atoms with van der Waals surface area (Å²) >= 11 is 0. The Morgan fingerprint density at radius 3 is 2.49 bits per heavy atom. The first-order chi connectivity index (χ1) is 16.8. The molecule has 1 aromatic heterocycles. The van der Waals surface area contributed by atoms with Crippen molar-refractivity contribution in [3.63, 3.8) is 0 Å². The number of piperazine rings is 1. The van der Waals surface area contributed by atoms with Gasteiger partial charge in [0, 0.05) is 38.9 Å². The van der Waals surface area contributed by atoms with Gasteiger partial charge in [0.15, 0.2) is 0 Å². The Morgan fingerprint density at radius 2 is 1.80 bits per heavy atom. The van der Waals surface area contributed by atoms with Gasteiger partial charge in [-0.25, -0.2) is 9.78 Å². The van der Waals surface area contributed by atoms with Crippen molar-refractivity contribution in [2.75, 3.05) is 57.9 Å². The zero-order valence-corrected chi connectivity index (χ0v) is 19.8. The van der Waals surface area contributed by atoms with Crippen LogP contribution in [0, 0.1) is 5.92 Å². The Kier molecular flexibility index (Phi) is 8.00. The third-order valence-electron chi connectivity index (χ3n) is 6.62. The number of rotatable bonds is 6. The number of carbonyl (C=O) groups excluding carboxylic acids is 1. The number of benzene rings is 1. The number of piperidine rings is 1. The second-order valence-electron chi connectivity index (χ2n) is 9.02. The summed E-state index contributed by atoms with van der Waals surface area (Å²) < 4.78 is 49.8. The van der Waals surface area contributed by atoms with E-state index in [1.54, 1.807) is 16.9 Å². The molecular formula is C25H31F3N4O3. The van der Waals surface area contributed by atoms with Crippen LogP contribution in [-0.2, 0) is 17.5 Å². The Bertz CT molecular complexity index is 988. The molecule has 1 amide bonds. The number of carbonyl (C=O) groups is 1. The van der Waals surface area contributed by atoms with E-state index in [2.05, 4.69) is 22.0 Å². The van der Waals surface area contributed by atoms with Gasteiger partial charge in [0.2, 0.25) is 0 Å². The minimum Gasteiger partial charge on any atom is -0.497 e. The number of alkyl halides is 3. The van der Waals surface area contributed by atoms with E-state index in [1.807, 2.05) is 12.1 Å². The molecule has 0 N–H and O–H groups in total. The number of nitrogens with zero attached hydrogens (tertiary/aromatic N) is 4. The maximum atomic E-state index is 13.0. The SMILES string of the molecule is COc1cccc(CN2CCC(COC(=O)N3CCN(c4cc(C(F)(F)F)ccn4)CC3)CC2)c1. The van der Waals surface area contributed by atoms with Gasteiger partial charge in [-0.05, 0) is 61.7 Å². The average Bonchev–Trinajstić information content (AvgIpc) is 2.88. The van der Waals surface area contributed by atoms with E-state index < -0.39 is 11.7 Å². The lowest BCUT2D eigenvalue weighted by molar-refractivity contribution is -0.137. The maximum absolute atomic E-state index is 13.0. The highest BCUT2D eigenvalue weighted by atomic mass is 19.4. The van der Waals surface area contributed by atoms with Crippen LogP contribution in [0.3, 0.4) is 0 Å². The fourth-order valence-corrected chi connectivity index (χ4v) is 4.51. The summed E-state index contributed by atoms with van der Waals surface area (Å²) in [6.07, 6.45) is -1.67. The Hall–Kier alpha value is -3.01. The van der Waals surface area contributed by atoms with Gasteiger partial charge in [-0.2, -0.15) is 13.2 Å². The van der Waals surface area contributed by atoms with E-state index in [1.165, 1.54) is 11.8 Å². The van der Waals surface area contributed by atoms with Crippen LogP contribution in [0.25, 0.3) is 0 Å². The summed E-state index contributed by atoms with van der Waals surface area (Å²) in [6.45, 7) is 4.74. The second-order valence-corrected chi connectivity index (χ2v) is 9.02. The van der Waals surface area contributed by atoms with Crippen molar-refractivity contribution in [2.24, 2.45) is 5.92 Å². The van der Waals surface area contributed by atoms with Gasteiger partial charge >= 0.3 is 12.3 Å². The van der Waals surface area contributed by atoms with Crippen molar-refractivity contribution in [3.8, 4) is 5.75 Å². The molecule has 35 heavy (non-hydrogen) atoms. The number of hydrogen-bond acceptors (Lipinski definition) is 6. The molecule has 3 heterocycles. The van der Waals surface area contributed by atoms with Crippen LogP contribution in [0.15, 0.2) is 42.6 Å². The predicted molar refractivity (Wildman–Crippen MR) is 125 cm³/mol. The quantitative estimate of drug-likeness (QED) is 0.600. The van der Waals surface area contributed by atoms with Gasteiger partial charge < -0.3 is 19.3 Å². The topological polar surface area (TPSA) is 58.1 Å². The van der Waals surface area contributed by atoms with Crippen LogP contribution < -0.4 is 9.64 Å². The number of anilines is 1. The van der Waals surface area contributed by atoms with Crippen molar-refractivity contribution in [1.82, 2.24) is 14.8 Å². The number of amides is 1. The van der Waals surface area contributed by atoms with E-state index in [9.17, 15) is 18.0 Å². The number of likely N-dealkylation sites (tertiary alicyclic amines) is 1. The van der Waals surface area contributed by atoms with E-state index in [-0.39, 0.29) is 11.9 Å². The van der Waals surface area contributed by atoms with Gasteiger partial charge in [-0.15, -0.1) is 0 Å². The molecule has 10 heteroatoms. The highest BCUT2D eigenvalue weighted by molar-refractivity contribution is 5.68. The summed E-state index contributed by atoms with van der Waals surface area (Å²) in [4.78, 5) is 22.4. The molecule has 7 nitrogen and oxygen atoms in total. The molecule has 2 fully saturated rings. The number of methoxy groups -OCH3 is 1. The highest BCUT2D eigenvalue weighted by Crippen LogP contribution is 2.31. The predicted octanol–water partition coefficient (Wildman–Crippen LogP) is 4.28. The second kappa shape index (κ2) is 11.2. The van der Waals surface area contributed by atoms with Gasteiger partial charge in [0.05, 0.1) is 19.3 Å². The third kappa shape index (κ3) is 6.78. The van der Waals surface area contributed by atoms with Gasteiger partial charge in [0.25, 0.3) is 0 Å². The maximum Gasteiger partial charge on any atom is 0.416 e. The minimum atomic E-state index is -4.41. The molecule has 2 aliphatic heterocycles. The molecule has 0 atom stereocenters. The largest absolute Gasteiger partial charge is 0.497 e. The summed E-state index contributed by atoms with van der Waals surface area (Å²) in [6, 6.07) is 10.1. The van der Waals surface area contributed by atoms with Crippen LogP contribution in [0.2, 0.25) is 0 Å². The molecule has 2 aliphatic rings. The van der Waals surface area contributed by atoms with E-state index in [0.29, 0.717) is 38.7 Å². The smallest absolute Gasteiger partial charge is 0.416 e. The highest BCUT2D eigenvalue weighted by Gasteiger charge is 2.32. The molecule has 190 valence electrons. The summed E-state index contributed by atoms with van der Waals surface area (Å²) in [5.74, 6) is 1.46. The standard InChI is InChI=1S/C25H31F3N4O3/c1-34-22-4-2-3-20(15-22)17-30-9-6-19(7-10-30)18-35-24(33)32-13-11-31(12-14-32)23-16-21(5-8-29-23)25(26,27)28/h2-5,8,15-16,19H,6-7,9-14,17-18H2,1H3. The molecule has 4 rings (SSSR count). The average molecular weight is 493 g/mol. The molecule has 1 aromatic carbocycles. The van der Waals surface area contributed by atoms with E-state index in [4.69, 9.17) is 9.47 Å². The Morgan fingerprint density at radius 1 is 1.06 bits per heavy atom. The molecule has 0 radical (unpaired) electrons. The first kappa shape index (κ1) is 25.1. The van der Waals surface area contributed by atoms with Crippen LogP contribution in [0.5, 0.6) is 5.75 Å². The van der Waals surface area contributed by atoms with Crippen molar-refractivity contribution >= 4 is 11.9 Å². The summed E-state index contributed by atoms with van der Waals surface area (Å²) in [5, 5.41) is 0. The number of pyridine rings is 1. The fraction of sp³-hybridized carbons (Fsp3) is 0.520. The van der Waals surface area contributed by atoms with E-state index >= 15 is 0 Å². The van der Waals surface area contributed by atoms with Crippen LogP contribution >= 0.6 is 0 Å². The molecule has 0 unspecified atom stereocenters. The minimum absolute atomic E-state index is 0.272. The lowest BCUT2D eigenvalue weighted by Gasteiger charge is -2.35. The number of hydrogen-bond donors (Lipinski definition) is 0. The number of aromatic nitrogens is 1. The Labute approximate surface area is 203 Å². The molecule has 0 aliphatic carbocycles.